The first-order valence-electron chi connectivity index (χ1n) is 5.65. The quantitative estimate of drug-likeness (QED) is 0.595. The van der Waals surface area contributed by atoms with Gasteiger partial charge in [0.1, 0.15) is 6.04 Å². The summed E-state index contributed by atoms with van der Waals surface area (Å²) in [5.74, 6) is 0.137. The van der Waals surface area contributed by atoms with Gasteiger partial charge in [0.25, 0.3) is 0 Å². The van der Waals surface area contributed by atoms with E-state index in [0.717, 1.165) is 19.4 Å². The van der Waals surface area contributed by atoms with Gasteiger partial charge in [-0.25, -0.2) is 0 Å². The molecular formula is C11H21NO3. The van der Waals surface area contributed by atoms with E-state index in [1.165, 1.54) is 0 Å². The molecule has 1 unspecified atom stereocenters. The number of nitrogens with one attached hydrogen (secondary N) is 1. The minimum atomic E-state index is -0.735. The van der Waals surface area contributed by atoms with Gasteiger partial charge in [0.05, 0.1) is 6.61 Å². The molecule has 4 heteroatoms. The standard InChI is InChI=1S/C11H21NO3/c1-8(2)7-15-6-5-12-10(11(13)14)9-3-4-9/h8-10,12H,3-7H2,1-2H3,(H,13,14). The SMILES string of the molecule is CC(C)COCCNC(C(=O)O)C1CC1. The minimum absolute atomic E-state index is 0.340. The maximum absolute atomic E-state index is 10.8. The number of aliphatic carboxylic acids is 1. The molecule has 0 aromatic rings. The molecule has 0 spiro atoms. The van der Waals surface area contributed by atoms with Crippen LogP contribution in [0.5, 0.6) is 0 Å². The molecule has 2 N–H and O–H groups in total. The molecule has 0 amide bonds. The normalized spacial score (nSPS) is 18.1. The van der Waals surface area contributed by atoms with Crippen LogP contribution in [0.25, 0.3) is 0 Å². The van der Waals surface area contributed by atoms with Gasteiger partial charge >= 0.3 is 5.97 Å². The fourth-order valence-electron chi connectivity index (χ4n) is 1.49. The summed E-state index contributed by atoms with van der Waals surface area (Å²) in [7, 11) is 0. The van der Waals surface area contributed by atoms with Crippen LogP contribution in [0.15, 0.2) is 0 Å². The molecule has 15 heavy (non-hydrogen) atoms. The van der Waals surface area contributed by atoms with Crippen molar-refractivity contribution in [3.05, 3.63) is 0 Å². The zero-order valence-corrected chi connectivity index (χ0v) is 9.53. The van der Waals surface area contributed by atoms with Crippen LogP contribution >= 0.6 is 0 Å². The number of ether oxygens (including phenoxy) is 1. The topological polar surface area (TPSA) is 58.6 Å². The summed E-state index contributed by atoms with van der Waals surface area (Å²) in [4.78, 5) is 10.8. The van der Waals surface area contributed by atoms with Crippen molar-refractivity contribution in [2.24, 2.45) is 11.8 Å². The first-order chi connectivity index (χ1) is 7.11. The van der Waals surface area contributed by atoms with Crippen LogP contribution in [0.3, 0.4) is 0 Å². The molecule has 0 aromatic heterocycles. The molecule has 1 atom stereocenters. The summed E-state index contributed by atoms with van der Waals surface area (Å²) in [6, 6.07) is -0.368. The molecule has 0 aliphatic heterocycles. The molecule has 0 heterocycles. The lowest BCUT2D eigenvalue weighted by atomic mass is 10.2. The van der Waals surface area contributed by atoms with Crippen LogP contribution in [-0.4, -0.2) is 36.9 Å². The van der Waals surface area contributed by atoms with Crippen molar-refractivity contribution < 1.29 is 14.6 Å². The largest absolute Gasteiger partial charge is 0.480 e. The molecule has 4 nitrogen and oxygen atoms in total. The van der Waals surface area contributed by atoms with E-state index in [-0.39, 0.29) is 6.04 Å². The lowest BCUT2D eigenvalue weighted by molar-refractivity contribution is -0.140. The highest BCUT2D eigenvalue weighted by Crippen LogP contribution is 2.32. The van der Waals surface area contributed by atoms with E-state index in [0.29, 0.717) is 25.0 Å². The Bertz CT molecular complexity index is 202. The summed E-state index contributed by atoms with van der Waals surface area (Å²) in [6.07, 6.45) is 2.08. The highest BCUT2D eigenvalue weighted by molar-refractivity contribution is 5.74. The predicted molar refractivity (Wildman–Crippen MR) is 57.8 cm³/mol. The van der Waals surface area contributed by atoms with Crippen molar-refractivity contribution in [3.63, 3.8) is 0 Å². The van der Waals surface area contributed by atoms with Gasteiger partial charge in [-0.05, 0) is 24.7 Å². The van der Waals surface area contributed by atoms with E-state index in [1.807, 2.05) is 0 Å². The fourth-order valence-corrected chi connectivity index (χ4v) is 1.49. The van der Waals surface area contributed by atoms with Gasteiger partial charge < -0.3 is 15.2 Å². The average molecular weight is 215 g/mol. The van der Waals surface area contributed by atoms with E-state index >= 15 is 0 Å². The first-order valence-corrected chi connectivity index (χ1v) is 5.65. The lowest BCUT2D eigenvalue weighted by Gasteiger charge is -2.13. The Morgan fingerprint density at radius 3 is 2.67 bits per heavy atom. The number of carboxylic acids is 1. The maximum Gasteiger partial charge on any atom is 0.320 e. The van der Waals surface area contributed by atoms with Crippen molar-refractivity contribution in [3.8, 4) is 0 Å². The molecule has 0 radical (unpaired) electrons. The highest BCUT2D eigenvalue weighted by atomic mass is 16.5. The van der Waals surface area contributed by atoms with Gasteiger partial charge in [-0.1, -0.05) is 13.8 Å². The Balaban J connectivity index is 2.04. The smallest absolute Gasteiger partial charge is 0.320 e. The van der Waals surface area contributed by atoms with Crippen LogP contribution < -0.4 is 5.32 Å². The summed E-state index contributed by atoms with van der Waals surface area (Å²) in [5, 5.41) is 12.0. The lowest BCUT2D eigenvalue weighted by Crippen LogP contribution is -2.40. The van der Waals surface area contributed by atoms with Crippen LogP contribution in [0.4, 0.5) is 0 Å². The third-order valence-corrected chi connectivity index (χ3v) is 2.42. The second kappa shape index (κ2) is 6.08. The third-order valence-electron chi connectivity index (χ3n) is 2.42. The van der Waals surface area contributed by atoms with E-state index < -0.39 is 5.97 Å². The number of carboxylic acid groups (broad SMARTS) is 1. The number of rotatable bonds is 8. The first kappa shape index (κ1) is 12.5. The Morgan fingerprint density at radius 2 is 2.20 bits per heavy atom. The second-order valence-corrected chi connectivity index (χ2v) is 4.58. The molecule has 0 aromatic carbocycles. The molecule has 1 aliphatic carbocycles. The van der Waals surface area contributed by atoms with Crippen molar-refractivity contribution in [2.75, 3.05) is 19.8 Å². The Labute approximate surface area is 91.0 Å². The van der Waals surface area contributed by atoms with Crippen molar-refractivity contribution in [1.29, 1.82) is 0 Å². The Morgan fingerprint density at radius 1 is 1.53 bits per heavy atom. The minimum Gasteiger partial charge on any atom is -0.480 e. The van der Waals surface area contributed by atoms with E-state index in [4.69, 9.17) is 9.84 Å². The summed E-state index contributed by atoms with van der Waals surface area (Å²) < 4.78 is 5.37. The van der Waals surface area contributed by atoms with Crippen LogP contribution in [0.2, 0.25) is 0 Å². The van der Waals surface area contributed by atoms with Gasteiger partial charge in [0, 0.05) is 13.2 Å². The number of hydrogen-bond donors (Lipinski definition) is 2. The molecule has 1 saturated carbocycles. The predicted octanol–water partition coefficient (Wildman–Crippen LogP) is 1.11. The number of carbonyl (C=O) groups is 1. The van der Waals surface area contributed by atoms with Gasteiger partial charge in [-0.2, -0.15) is 0 Å². The molecule has 0 saturated heterocycles. The molecule has 1 rings (SSSR count). The van der Waals surface area contributed by atoms with E-state index in [2.05, 4.69) is 19.2 Å². The Kier molecular flexibility index (Phi) is 5.05. The van der Waals surface area contributed by atoms with Crippen molar-refractivity contribution >= 4 is 5.97 Å². The summed E-state index contributed by atoms with van der Waals surface area (Å²) in [5.41, 5.74) is 0. The van der Waals surface area contributed by atoms with Gasteiger partial charge in [-0.3, -0.25) is 4.79 Å². The van der Waals surface area contributed by atoms with Crippen LogP contribution in [0, 0.1) is 11.8 Å². The zero-order chi connectivity index (χ0) is 11.3. The summed E-state index contributed by atoms with van der Waals surface area (Å²) >= 11 is 0. The molecule has 88 valence electrons. The maximum atomic E-state index is 10.8. The average Bonchev–Trinajstić information content (AvgIpc) is 2.93. The van der Waals surface area contributed by atoms with Crippen LogP contribution in [0.1, 0.15) is 26.7 Å². The van der Waals surface area contributed by atoms with Gasteiger partial charge in [-0.15, -0.1) is 0 Å². The highest BCUT2D eigenvalue weighted by Gasteiger charge is 2.35. The van der Waals surface area contributed by atoms with Gasteiger partial charge in [0.15, 0.2) is 0 Å². The molecule has 1 aliphatic rings. The number of hydrogen-bond acceptors (Lipinski definition) is 3. The molecular weight excluding hydrogens is 194 g/mol. The third kappa shape index (κ3) is 5.14. The van der Waals surface area contributed by atoms with Crippen LogP contribution in [-0.2, 0) is 9.53 Å². The van der Waals surface area contributed by atoms with Gasteiger partial charge in [0.2, 0.25) is 0 Å². The monoisotopic (exact) mass is 215 g/mol. The molecule has 1 fully saturated rings. The van der Waals surface area contributed by atoms with Crippen molar-refractivity contribution in [1.82, 2.24) is 5.32 Å². The second-order valence-electron chi connectivity index (χ2n) is 4.58. The van der Waals surface area contributed by atoms with E-state index in [1.54, 1.807) is 0 Å². The molecule has 0 bridgehead atoms. The zero-order valence-electron chi connectivity index (χ0n) is 9.53. The fraction of sp³-hybridized carbons (Fsp3) is 0.909. The van der Waals surface area contributed by atoms with Crippen molar-refractivity contribution in [2.45, 2.75) is 32.7 Å². The Hall–Kier alpha value is -0.610. The summed E-state index contributed by atoms with van der Waals surface area (Å²) in [6.45, 7) is 6.15. The van der Waals surface area contributed by atoms with E-state index in [9.17, 15) is 4.79 Å².